The Morgan fingerprint density at radius 2 is 1.90 bits per heavy atom. The number of rotatable bonds is 1. The number of pyridine rings is 1. The van der Waals surface area contributed by atoms with Crippen LogP contribution < -0.4 is 5.32 Å². The molecule has 0 fully saturated rings. The van der Waals surface area contributed by atoms with E-state index >= 15 is 0 Å². The fourth-order valence-electron chi connectivity index (χ4n) is 3.10. The van der Waals surface area contributed by atoms with Crippen molar-refractivity contribution in [1.82, 2.24) is 4.98 Å². The molecule has 4 heteroatoms. The highest BCUT2D eigenvalue weighted by atomic mass is 19.1. The molecule has 1 aromatic heterocycles. The molecule has 20 heavy (non-hydrogen) atoms. The fourth-order valence-corrected chi connectivity index (χ4v) is 3.10. The Morgan fingerprint density at radius 1 is 1.15 bits per heavy atom. The molecule has 0 radical (unpaired) electrons. The summed E-state index contributed by atoms with van der Waals surface area (Å²) in [6, 6.07) is 1.23. The van der Waals surface area contributed by atoms with E-state index in [9.17, 15) is 8.78 Å². The molecular formula is C16H18F2N2. The van der Waals surface area contributed by atoms with Crippen molar-refractivity contribution in [1.29, 1.82) is 0 Å². The molecule has 0 saturated carbocycles. The minimum absolute atomic E-state index is 0.151. The first-order valence-electron chi connectivity index (χ1n) is 7.11. The van der Waals surface area contributed by atoms with Gasteiger partial charge in [-0.05, 0) is 49.8 Å². The lowest BCUT2D eigenvalue weighted by molar-refractivity contribution is 0.607. The Hall–Kier alpha value is -1.71. The van der Waals surface area contributed by atoms with Gasteiger partial charge < -0.3 is 5.32 Å². The van der Waals surface area contributed by atoms with Crippen molar-refractivity contribution in [3.05, 3.63) is 34.5 Å². The molecule has 1 heterocycles. The zero-order chi connectivity index (χ0) is 14.3. The number of nitrogens with one attached hydrogen (secondary N) is 1. The van der Waals surface area contributed by atoms with Crippen LogP contribution in [0.5, 0.6) is 0 Å². The van der Waals surface area contributed by atoms with Crippen molar-refractivity contribution < 1.29 is 8.78 Å². The fraction of sp³-hybridized carbons (Fsp3) is 0.438. The monoisotopic (exact) mass is 276 g/mol. The maximum atomic E-state index is 14.5. The van der Waals surface area contributed by atoms with E-state index in [4.69, 9.17) is 0 Å². The van der Waals surface area contributed by atoms with Gasteiger partial charge in [-0.3, -0.25) is 0 Å². The second-order valence-corrected chi connectivity index (χ2v) is 5.44. The average molecular weight is 276 g/mol. The lowest BCUT2D eigenvalue weighted by Crippen LogP contribution is -2.06. The number of aromatic nitrogens is 1. The summed E-state index contributed by atoms with van der Waals surface area (Å²) < 4.78 is 28.6. The van der Waals surface area contributed by atoms with E-state index in [1.54, 1.807) is 14.0 Å². The van der Waals surface area contributed by atoms with Crippen molar-refractivity contribution in [3.63, 3.8) is 0 Å². The van der Waals surface area contributed by atoms with Crippen molar-refractivity contribution >= 4 is 16.6 Å². The van der Waals surface area contributed by atoms with Gasteiger partial charge in [-0.2, -0.15) is 0 Å². The molecule has 0 spiro atoms. The topological polar surface area (TPSA) is 24.9 Å². The third-order valence-corrected chi connectivity index (χ3v) is 4.11. The second-order valence-electron chi connectivity index (χ2n) is 5.44. The number of halogens is 2. The number of nitrogens with zero attached hydrogens (tertiary/aromatic N) is 1. The van der Waals surface area contributed by atoms with Gasteiger partial charge in [-0.15, -0.1) is 0 Å². The smallest absolute Gasteiger partial charge is 0.149 e. The molecule has 2 nitrogen and oxygen atoms in total. The molecule has 1 aromatic carbocycles. The Morgan fingerprint density at radius 3 is 2.65 bits per heavy atom. The van der Waals surface area contributed by atoms with Crippen molar-refractivity contribution in [2.45, 2.75) is 39.0 Å². The standard InChI is InChI=1S/C16H18F2N2/c1-9-8-11(17)16-13(14(9)18)15(19-2)10-6-4-3-5-7-12(10)20-16/h8H,3-7H2,1-2H3,(H,19,20). The molecule has 2 aromatic rings. The van der Waals surface area contributed by atoms with Crippen molar-refractivity contribution in [3.8, 4) is 0 Å². The first-order chi connectivity index (χ1) is 9.63. The molecule has 0 saturated heterocycles. The van der Waals surface area contributed by atoms with Crippen LogP contribution in [-0.4, -0.2) is 12.0 Å². The Kier molecular flexibility index (Phi) is 3.32. The van der Waals surface area contributed by atoms with Gasteiger partial charge in [0.15, 0.2) is 0 Å². The first-order valence-corrected chi connectivity index (χ1v) is 7.11. The Balaban J connectivity index is 2.43. The summed E-state index contributed by atoms with van der Waals surface area (Å²) in [7, 11) is 1.76. The van der Waals surface area contributed by atoms with E-state index in [2.05, 4.69) is 10.3 Å². The van der Waals surface area contributed by atoms with E-state index in [-0.39, 0.29) is 11.3 Å². The molecule has 1 aliphatic carbocycles. The minimum atomic E-state index is -0.442. The predicted octanol–water partition coefficient (Wildman–Crippen LogP) is 4.13. The summed E-state index contributed by atoms with van der Waals surface area (Å²) in [5.74, 6) is -0.812. The SMILES string of the molecule is CNc1c2c(nc3c(F)cc(C)c(F)c13)CCCCC2. The molecule has 106 valence electrons. The van der Waals surface area contributed by atoms with Crippen LogP contribution in [0.3, 0.4) is 0 Å². The van der Waals surface area contributed by atoms with Crippen LogP contribution in [0, 0.1) is 18.6 Å². The summed E-state index contributed by atoms with van der Waals surface area (Å²) in [5.41, 5.74) is 3.16. The van der Waals surface area contributed by atoms with Gasteiger partial charge in [-0.1, -0.05) is 6.42 Å². The van der Waals surface area contributed by atoms with Gasteiger partial charge in [0, 0.05) is 12.7 Å². The van der Waals surface area contributed by atoms with Crippen molar-refractivity contribution in [2.24, 2.45) is 0 Å². The number of aryl methyl sites for hydroxylation is 2. The van der Waals surface area contributed by atoms with Crippen LogP contribution in [0.1, 0.15) is 36.1 Å². The maximum Gasteiger partial charge on any atom is 0.149 e. The highest BCUT2D eigenvalue weighted by Gasteiger charge is 2.21. The second kappa shape index (κ2) is 5.00. The third kappa shape index (κ3) is 1.94. The molecule has 1 aliphatic rings. The number of benzene rings is 1. The van der Waals surface area contributed by atoms with Gasteiger partial charge in [0.25, 0.3) is 0 Å². The zero-order valence-electron chi connectivity index (χ0n) is 11.8. The largest absolute Gasteiger partial charge is 0.387 e. The molecule has 3 rings (SSSR count). The van der Waals surface area contributed by atoms with Gasteiger partial charge in [0.1, 0.15) is 17.2 Å². The molecule has 1 N–H and O–H groups in total. The van der Waals surface area contributed by atoms with Gasteiger partial charge in [0.05, 0.1) is 11.1 Å². The molecule has 0 aliphatic heterocycles. The molecule has 0 atom stereocenters. The number of hydrogen-bond donors (Lipinski definition) is 1. The summed E-state index contributed by atoms with van der Waals surface area (Å²) in [6.07, 6.45) is 4.99. The molecule has 0 bridgehead atoms. The van der Waals surface area contributed by atoms with Gasteiger partial charge in [0.2, 0.25) is 0 Å². The Bertz CT molecular complexity index is 680. The molecular weight excluding hydrogens is 258 g/mol. The van der Waals surface area contributed by atoms with E-state index in [1.807, 2.05) is 0 Å². The summed E-state index contributed by atoms with van der Waals surface area (Å²) >= 11 is 0. The van der Waals surface area contributed by atoms with Crippen LogP contribution in [0.2, 0.25) is 0 Å². The van der Waals surface area contributed by atoms with Crippen LogP contribution >= 0.6 is 0 Å². The molecule has 0 unspecified atom stereocenters. The normalized spacial score (nSPS) is 15.0. The lowest BCUT2D eigenvalue weighted by atomic mass is 10.00. The number of anilines is 1. The number of hydrogen-bond acceptors (Lipinski definition) is 2. The van der Waals surface area contributed by atoms with E-state index in [0.29, 0.717) is 16.6 Å². The number of fused-ring (bicyclic) bond motifs is 2. The zero-order valence-corrected chi connectivity index (χ0v) is 11.8. The van der Waals surface area contributed by atoms with Gasteiger partial charge in [-0.25, -0.2) is 13.8 Å². The lowest BCUT2D eigenvalue weighted by Gasteiger charge is -2.16. The highest BCUT2D eigenvalue weighted by Crippen LogP contribution is 2.35. The van der Waals surface area contributed by atoms with E-state index < -0.39 is 5.82 Å². The molecule has 0 amide bonds. The van der Waals surface area contributed by atoms with E-state index in [1.165, 1.54) is 6.07 Å². The minimum Gasteiger partial charge on any atom is -0.387 e. The van der Waals surface area contributed by atoms with Gasteiger partial charge >= 0.3 is 0 Å². The predicted molar refractivity (Wildman–Crippen MR) is 77.2 cm³/mol. The summed E-state index contributed by atoms with van der Waals surface area (Å²) in [5, 5.41) is 3.37. The van der Waals surface area contributed by atoms with Crippen molar-refractivity contribution in [2.75, 3.05) is 12.4 Å². The van der Waals surface area contributed by atoms with Crippen LogP contribution in [-0.2, 0) is 12.8 Å². The summed E-state index contributed by atoms with van der Waals surface area (Å²) in [6.45, 7) is 1.59. The average Bonchev–Trinajstić information content (AvgIpc) is 2.67. The third-order valence-electron chi connectivity index (χ3n) is 4.11. The highest BCUT2D eigenvalue weighted by molar-refractivity contribution is 5.95. The Labute approximate surface area is 117 Å². The van der Waals surface area contributed by atoms with E-state index in [0.717, 1.165) is 43.4 Å². The van der Waals surface area contributed by atoms with Crippen LogP contribution in [0.15, 0.2) is 6.07 Å². The quantitative estimate of drug-likeness (QED) is 0.792. The first kappa shape index (κ1) is 13.3. The van der Waals surface area contributed by atoms with Crippen LogP contribution in [0.4, 0.5) is 14.5 Å². The van der Waals surface area contributed by atoms with Crippen LogP contribution in [0.25, 0.3) is 10.9 Å². The maximum absolute atomic E-state index is 14.5. The summed E-state index contributed by atoms with van der Waals surface area (Å²) in [4.78, 5) is 4.43.